The number of benzene rings is 7. The first-order valence-electron chi connectivity index (χ1n) is 18.9. The summed E-state index contributed by atoms with van der Waals surface area (Å²) in [6.45, 7) is 12.2. The lowest BCUT2D eigenvalue weighted by Gasteiger charge is -2.43. The van der Waals surface area contributed by atoms with E-state index in [2.05, 4.69) is 179 Å². The van der Waals surface area contributed by atoms with Crippen LogP contribution in [0, 0.1) is 0 Å². The first-order valence-corrected chi connectivity index (χ1v) is 18.9. The van der Waals surface area contributed by atoms with Crippen molar-refractivity contribution in [2.45, 2.75) is 46.0 Å². The van der Waals surface area contributed by atoms with E-state index in [4.69, 9.17) is 0 Å². The number of nitrogens with zero attached hydrogens (tertiary/aromatic N) is 1. The predicted molar refractivity (Wildman–Crippen MR) is 225 cm³/mol. The number of rotatable bonds is 3. The molecule has 0 radical (unpaired) electrons. The van der Waals surface area contributed by atoms with Crippen LogP contribution >= 0.6 is 0 Å². The zero-order valence-corrected chi connectivity index (χ0v) is 30.5. The van der Waals surface area contributed by atoms with Gasteiger partial charge in [0.1, 0.15) is 0 Å². The quantitative estimate of drug-likeness (QED) is 0.171. The molecule has 11 rings (SSSR count). The molecule has 0 bridgehead atoms. The molecule has 0 aromatic heterocycles. The van der Waals surface area contributed by atoms with Gasteiger partial charge in [0.15, 0.2) is 0 Å². The summed E-state index contributed by atoms with van der Waals surface area (Å²) in [5.74, 6) is 0.405. The molecule has 0 atom stereocenters. The molecule has 4 aliphatic heterocycles. The maximum Gasteiger partial charge on any atom is 0.248 e. The second-order valence-electron chi connectivity index (χ2n) is 16.7. The van der Waals surface area contributed by atoms with Crippen LogP contribution in [0.1, 0.15) is 51.7 Å². The number of hydrogen-bond donors (Lipinski definition) is 0. The van der Waals surface area contributed by atoms with Crippen molar-refractivity contribution < 1.29 is 0 Å². The van der Waals surface area contributed by atoms with E-state index < -0.39 is 0 Å². The van der Waals surface area contributed by atoms with Crippen LogP contribution in [0.4, 0.5) is 17.1 Å². The third-order valence-electron chi connectivity index (χ3n) is 12.4. The summed E-state index contributed by atoms with van der Waals surface area (Å²) in [6.07, 6.45) is 0. The highest BCUT2D eigenvalue weighted by molar-refractivity contribution is 7.05. The second-order valence-corrected chi connectivity index (χ2v) is 16.7. The van der Waals surface area contributed by atoms with Gasteiger partial charge in [0.25, 0.3) is 0 Å². The van der Waals surface area contributed by atoms with Crippen LogP contribution in [-0.4, -0.2) is 13.4 Å². The fraction of sp³-hybridized carbons (Fsp3) is 0.143. The average molecular weight is 663 g/mol. The first kappa shape index (κ1) is 30.1. The third-order valence-corrected chi connectivity index (χ3v) is 12.4. The van der Waals surface area contributed by atoms with Crippen molar-refractivity contribution in [2.75, 3.05) is 4.90 Å². The van der Waals surface area contributed by atoms with E-state index >= 15 is 0 Å². The van der Waals surface area contributed by atoms with Gasteiger partial charge in [-0.2, -0.15) is 0 Å². The van der Waals surface area contributed by atoms with Crippen molar-refractivity contribution in [2.24, 2.45) is 0 Å². The van der Waals surface area contributed by atoms with E-state index in [9.17, 15) is 0 Å². The minimum absolute atomic E-state index is 0.00919. The van der Waals surface area contributed by atoms with E-state index in [1.165, 1.54) is 105 Å². The van der Waals surface area contributed by atoms with Crippen LogP contribution in [0.2, 0.25) is 0 Å². The highest BCUT2D eigenvalue weighted by Crippen LogP contribution is 2.47. The molecule has 0 amide bonds. The molecule has 7 aromatic rings. The lowest BCUT2D eigenvalue weighted by Crippen LogP contribution is -2.63. The van der Waals surface area contributed by atoms with Crippen LogP contribution in [0.3, 0.4) is 0 Å². The molecule has 0 saturated heterocycles. The zero-order valence-electron chi connectivity index (χ0n) is 30.5. The van der Waals surface area contributed by atoms with Crippen LogP contribution in [0.5, 0.6) is 0 Å². The summed E-state index contributed by atoms with van der Waals surface area (Å²) < 4.78 is 0. The molecule has 52 heavy (non-hydrogen) atoms. The Kier molecular flexibility index (Phi) is 6.09. The van der Waals surface area contributed by atoms with Gasteiger partial charge >= 0.3 is 0 Å². The molecule has 4 aliphatic rings. The Bertz CT molecular complexity index is 2630. The van der Waals surface area contributed by atoms with Crippen molar-refractivity contribution >= 4 is 63.3 Å². The summed E-state index contributed by atoms with van der Waals surface area (Å²) in [6, 6.07) is 53.5. The molecule has 1 nitrogen and oxygen atoms in total. The SMILES string of the molecule is CC(C)c1cc2c3c(c1)N1c4cc(C(C)(C)C)cc5c4B(c4ccc(-c6ccccc6)cc4-5)c4cccc(c41)B3c1ccc(-c3ccccc3)cc1-2. The predicted octanol–water partition coefficient (Wildman–Crippen LogP) is 8.53. The number of fused-ring (bicyclic) bond motifs is 10. The fourth-order valence-corrected chi connectivity index (χ4v) is 9.82. The van der Waals surface area contributed by atoms with Crippen LogP contribution in [0.15, 0.2) is 140 Å². The van der Waals surface area contributed by atoms with Gasteiger partial charge in [0.05, 0.1) is 0 Å². The Balaban J connectivity index is 1.22. The summed E-state index contributed by atoms with van der Waals surface area (Å²) in [7, 11) is 0. The Morgan fingerprint density at radius 1 is 0.462 bits per heavy atom. The smallest absolute Gasteiger partial charge is 0.248 e. The van der Waals surface area contributed by atoms with Gasteiger partial charge in [-0.1, -0.05) is 161 Å². The van der Waals surface area contributed by atoms with Gasteiger partial charge in [0.2, 0.25) is 13.4 Å². The number of hydrogen-bond acceptors (Lipinski definition) is 1. The lowest BCUT2D eigenvalue weighted by atomic mass is 9.32. The van der Waals surface area contributed by atoms with Gasteiger partial charge in [-0.15, -0.1) is 0 Å². The normalized spacial score (nSPS) is 13.9. The second kappa shape index (κ2) is 10.5. The number of anilines is 3. The van der Waals surface area contributed by atoms with Gasteiger partial charge in [-0.3, -0.25) is 0 Å². The van der Waals surface area contributed by atoms with Crippen molar-refractivity contribution in [1.29, 1.82) is 0 Å². The minimum atomic E-state index is -0.00919. The standard InChI is InChI=1S/C49H39B2N/c1-29(2)34-25-38-36-23-32(30-13-8-6-9-14-30)19-21-40(36)50-42-17-12-18-43-48(42)52(44(26-34)46(38)50)45-28-35(49(3,4)5)27-39-37-24-33(31-15-10-7-11-16-31)20-22-41(37)51(43)47(39)45/h6-29H,1-5H3. The van der Waals surface area contributed by atoms with E-state index in [-0.39, 0.29) is 18.8 Å². The van der Waals surface area contributed by atoms with E-state index in [1.807, 2.05) is 0 Å². The topological polar surface area (TPSA) is 3.24 Å². The fourth-order valence-electron chi connectivity index (χ4n) is 9.82. The maximum absolute atomic E-state index is 2.70. The first-order chi connectivity index (χ1) is 25.3. The molecule has 0 spiro atoms. The summed E-state index contributed by atoms with van der Waals surface area (Å²) >= 11 is 0. The molecular formula is C49H39B2N. The van der Waals surface area contributed by atoms with Crippen molar-refractivity contribution in [3.05, 3.63) is 151 Å². The van der Waals surface area contributed by atoms with Crippen molar-refractivity contribution in [3.8, 4) is 44.5 Å². The maximum atomic E-state index is 2.70. The van der Waals surface area contributed by atoms with E-state index in [1.54, 1.807) is 0 Å². The van der Waals surface area contributed by atoms with Gasteiger partial charge in [0, 0.05) is 17.1 Å². The monoisotopic (exact) mass is 663 g/mol. The van der Waals surface area contributed by atoms with Crippen LogP contribution < -0.4 is 37.7 Å². The average Bonchev–Trinajstić information content (AvgIpc) is 3.68. The lowest BCUT2D eigenvalue weighted by molar-refractivity contribution is 0.591. The molecule has 0 fully saturated rings. The summed E-state index contributed by atoms with van der Waals surface area (Å²) in [4.78, 5) is 2.70. The zero-order chi connectivity index (χ0) is 35.0. The summed E-state index contributed by atoms with van der Waals surface area (Å²) in [5.41, 5.74) is 26.2. The van der Waals surface area contributed by atoms with Gasteiger partial charge < -0.3 is 4.90 Å². The van der Waals surface area contributed by atoms with Crippen molar-refractivity contribution in [3.63, 3.8) is 0 Å². The molecule has 4 heterocycles. The highest BCUT2D eigenvalue weighted by atomic mass is 15.2. The molecule has 0 saturated carbocycles. The van der Waals surface area contributed by atoms with Gasteiger partial charge in [-0.05, 0) is 113 Å². The molecule has 246 valence electrons. The minimum Gasteiger partial charge on any atom is -0.312 e. The molecule has 0 unspecified atom stereocenters. The largest absolute Gasteiger partial charge is 0.312 e. The van der Waals surface area contributed by atoms with Crippen molar-refractivity contribution in [1.82, 2.24) is 0 Å². The highest BCUT2D eigenvalue weighted by Gasteiger charge is 2.50. The Morgan fingerprint density at radius 3 is 1.50 bits per heavy atom. The Morgan fingerprint density at radius 2 is 0.981 bits per heavy atom. The molecule has 0 N–H and O–H groups in total. The molecule has 3 heteroatoms. The summed E-state index contributed by atoms with van der Waals surface area (Å²) in [5, 5.41) is 0. The van der Waals surface area contributed by atoms with Crippen LogP contribution in [-0.2, 0) is 5.41 Å². The Hall–Kier alpha value is -5.53. The Labute approximate surface area is 308 Å². The van der Waals surface area contributed by atoms with E-state index in [0.29, 0.717) is 5.92 Å². The van der Waals surface area contributed by atoms with Crippen LogP contribution in [0.25, 0.3) is 44.5 Å². The van der Waals surface area contributed by atoms with E-state index in [0.717, 1.165) is 0 Å². The van der Waals surface area contributed by atoms with Gasteiger partial charge in [-0.25, -0.2) is 0 Å². The number of para-hydroxylation sites is 1. The molecule has 7 aromatic carbocycles. The molecule has 0 aliphatic carbocycles. The molecular weight excluding hydrogens is 624 g/mol. The third kappa shape index (κ3) is 4.03.